The molecule has 3 aromatic rings. The number of aryl methyl sites for hydroxylation is 3. The summed E-state index contributed by atoms with van der Waals surface area (Å²) < 4.78 is 12.8. The van der Waals surface area contributed by atoms with Gasteiger partial charge in [0, 0.05) is 44.5 Å². The lowest BCUT2D eigenvalue weighted by atomic mass is 10.1. The van der Waals surface area contributed by atoms with Crippen LogP contribution in [0.15, 0.2) is 30.3 Å². The van der Waals surface area contributed by atoms with E-state index in [4.69, 9.17) is 14.5 Å². The van der Waals surface area contributed by atoms with Gasteiger partial charge in [-0.15, -0.1) is 0 Å². The van der Waals surface area contributed by atoms with Crippen LogP contribution < -0.4 is 14.4 Å². The van der Waals surface area contributed by atoms with Gasteiger partial charge in [0.25, 0.3) is 0 Å². The van der Waals surface area contributed by atoms with Gasteiger partial charge in [-0.25, -0.2) is 14.6 Å². The lowest BCUT2D eigenvalue weighted by molar-refractivity contribution is 0.174. The zero-order valence-corrected chi connectivity index (χ0v) is 17.6. The number of anilines is 1. The van der Waals surface area contributed by atoms with Crippen LogP contribution in [0.3, 0.4) is 0 Å². The number of piperazine rings is 1. The third-order valence-corrected chi connectivity index (χ3v) is 5.58. The highest BCUT2D eigenvalue weighted by Gasteiger charge is 2.21. The highest BCUT2D eigenvalue weighted by atomic mass is 16.7. The van der Waals surface area contributed by atoms with Crippen LogP contribution in [-0.2, 0) is 6.54 Å². The van der Waals surface area contributed by atoms with E-state index in [0.717, 1.165) is 73.1 Å². The van der Waals surface area contributed by atoms with Crippen molar-refractivity contribution in [1.29, 1.82) is 0 Å². The molecular formula is C22H26N6O2. The molecule has 0 unspecified atom stereocenters. The topological polar surface area (TPSA) is 68.5 Å². The predicted octanol–water partition coefficient (Wildman–Crippen LogP) is 2.64. The van der Waals surface area contributed by atoms with E-state index in [9.17, 15) is 0 Å². The average molecular weight is 406 g/mol. The monoisotopic (exact) mass is 406 g/mol. The second-order valence-electron chi connectivity index (χ2n) is 7.92. The minimum Gasteiger partial charge on any atom is -0.454 e. The van der Waals surface area contributed by atoms with Crippen LogP contribution in [-0.4, -0.2) is 57.6 Å². The average Bonchev–Trinajstić information content (AvgIpc) is 3.33. The number of ether oxygens (including phenoxy) is 2. The van der Waals surface area contributed by atoms with Crippen LogP contribution in [0.5, 0.6) is 11.5 Å². The fourth-order valence-corrected chi connectivity index (χ4v) is 4.10. The highest BCUT2D eigenvalue weighted by molar-refractivity contribution is 5.46. The summed E-state index contributed by atoms with van der Waals surface area (Å²) in [6.07, 6.45) is 0. The maximum Gasteiger partial charge on any atom is 0.231 e. The van der Waals surface area contributed by atoms with Crippen molar-refractivity contribution in [2.45, 2.75) is 27.3 Å². The summed E-state index contributed by atoms with van der Waals surface area (Å²) in [4.78, 5) is 14.1. The smallest absolute Gasteiger partial charge is 0.231 e. The minimum atomic E-state index is 0.315. The van der Waals surface area contributed by atoms with E-state index < -0.39 is 0 Å². The molecule has 0 radical (unpaired) electrons. The van der Waals surface area contributed by atoms with Gasteiger partial charge in [0.05, 0.1) is 5.69 Å². The number of nitrogens with zero attached hydrogens (tertiary/aromatic N) is 6. The first-order valence-corrected chi connectivity index (χ1v) is 10.3. The molecule has 2 aromatic heterocycles. The van der Waals surface area contributed by atoms with Crippen molar-refractivity contribution in [2.75, 3.05) is 37.9 Å². The van der Waals surface area contributed by atoms with Crippen molar-refractivity contribution in [3.8, 4) is 17.3 Å². The standard InChI is InChI=1S/C22H26N6O2/c1-15-10-16(2)28(25-15)22-12-21(23-17(3)24-22)27-8-6-26(7-9-27)13-18-4-5-19-20(11-18)30-14-29-19/h4-5,10-12H,6-9,13-14H2,1-3H3. The van der Waals surface area contributed by atoms with Crippen LogP contribution in [0.1, 0.15) is 22.8 Å². The molecule has 0 amide bonds. The van der Waals surface area contributed by atoms with Crippen LogP contribution in [0.2, 0.25) is 0 Å². The number of rotatable bonds is 4. The normalized spacial score (nSPS) is 16.3. The Bertz CT molecular complexity index is 1070. The molecule has 1 fully saturated rings. The van der Waals surface area contributed by atoms with Crippen molar-refractivity contribution in [1.82, 2.24) is 24.6 Å². The molecule has 1 saturated heterocycles. The quantitative estimate of drug-likeness (QED) is 0.660. The van der Waals surface area contributed by atoms with Crippen LogP contribution in [0.4, 0.5) is 5.82 Å². The van der Waals surface area contributed by atoms with Crippen LogP contribution in [0.25, 0.3) is 5.82 Å². The molecule has 30 heavy (non-hydrogen) atoms. The summed E-state index contributed by atoms with van der Waals surface area (Å²) >= 11 is 0. The first kappa shape index (κ1) is 18.9. The first-order chi connectivity index (χ1) is 14.5. The van der Waals surface area contributed by atoms with Gasteiger partial charge in [-0.2, -0.15) is 5.10 Å². The molecule has 1 aromatic carbocycles. The lowest BCUT2D eigenvalue weighted by Crippen LogP contribution is -2.46. The number of hydrogen-bond donors (Lipinski definition) is 0. The maximum atomic E-state index is 5.50. The molecule has 8 heteroatoms. The van der Waals surface area contributed by atoms with E-state index >= 15 is 0 Å². The van der Waals surface area contributed by atoms with Crippen molar-refractivity contribution in [3.05, 3.63) is 53.1 Å². The predicted molar refractivity (Wildman–Crippen MR) is 113 cm³/mol. The van der Waals surface area contributed by atoms with Crippen molar-refractivity contribution in [2.24, 2.45) is 0 Å². The Morgan fingerprint density at radius 2 is 1.63 bits per heavy atom. The van der Waals surface area contributed by atoms with Crippen LogP contribution >= 0.6 is 0 Å². The third kappa shape index (κ3) is 3.70. The fraction of sp³-hybridized carbons (Fsp3) is 0.409. The zero-order chi connectivity index (χ0) is 20.7. The summed E-state index contributed by atoms with van der Waals surface area (Å²) in [5, 5.41) is 4.57. The zero-order valence-electron chi connectivity index (χ0n) is 17.6. The SMILES string of the molecule is Cc1cc(C)n(-c2cc(N3CCN(Cc4ccc5c(c4)OCO5)CC3)nc(C)n2)n1. The van der Waals surface area contributed by atoms with Crippen molar-refractivity contribution >= 4 is 5.82 Å². The van der Waals surface area contributed by atoms with Gasteiger partial charge in [0.15, 0.2) is 17.3 Å². The summed E-state index contributed by atoms with van der Waals surface area (Å²) in [7, 11) is 0. The minimum absolute atomic E-state index is 0.315. The molecule has 4 heterocycles. The van der Waals surface area contributed by atoms with E-state index in [-0.39, 0.29) is 0 Å². The Hall–Kier alpha value is -3.13. The Kier molecular flexibility index (Phi) is 4.78. The van der Waals surface area contributed by atoms with E-state index in [1.54, 1.807) is 0 Å². The summed E-state index contributed by atoms with van der Waals surface area (Å²) in [5.41, 5.74) is 3.31. The van der Waals surface area contributed by atoms with Gasteiger partial charge in [-0.3, -0.25) is 4.90 Å². The van der Waals surface area contributed by atoms with E-state index in [0.29, 0.717) is 6.79 Å². The number of benzene rings is 1. The summed E-state index contributed by atoms with van der Waals surface area (Å²) in [6, 6.07) is 10.3. The van der Waals surface area contributed by atoms with Gasteiger partial charge < -0.3 is 14.4 Å². The van der Waals surface area contributed by atoms with Gasteiger partial charge in [0.1, 0.15) is 11.6 Å². The van der Waals surface area contributed by atoms with Gasteiger partial charge in [-0.1, -0.05) is 6.07 Å². The van der Waals surface area contributed by atoms with Gasteiger partial charge >= 0.3 is 0 Å². The molecule has 0 spiro atoms. The fourth-order valence-electron chi connectivity index (χ4n) is 4.10. The molecule has 5 rings (SSSR count). The van der Waals surface area contributed by atoms with E-state index in [1.807, 2.05) is 37.6 Å². The second-order valence-corrected chi connectivity index (χ2v) is 7.92. The van der Waals surface area contributed by atoms with Crippen molar-refractivity contribution < 1.29 is 9.47 Å². The van der Waals surface area contributed by atoms with Gasteiger partial charge in [0.2, 0.25) is 6.79 Å². The molecule has 0 atom stereocenters. The molecule has 0 bridgehead atoms. The van der Waals surface area contributed by atoms with Crippen LogP contribution in [0, 0.1) is 20.8 Å². The molecule has 156 valence electrons. The lowest BCUT2D eigenvalue weighted by Gasteiger charge is -2.35. The number of aromatic nitrogens is 4. The molecule has 8 nitrogen and oxygen atoms in total. The maximum absolute atomic E-state index is 5.50. The Balaban J connectivity index is 1.27. The summed E-state index contributed by atoms with van der Waals surface area (Å²) in [6.45, 7) is 11.0. The molecule has 0 saturated carbocycles. The Morgan fingerprint density at radius 1 is 0.867 bits per heavy atom. The molecule has 0 aliphatic carbocycles. The summed E-state index contributed by atoms with van der Waals surface area (Å²) in [5.74, 6) is 4.23. The molecule has 2 aliphatic rings. The molecule has 2 aliphatic heterocycles. The number of fused-ring (bicyclic) bond motifs is 1. The number of hydrogen-bond acceptors (Lipinski definition) is 7. The highest BCUT2D eigenvalue weighted by Crippen LogP contribution is 2.33. The first-order valence-electron chi connectivity index (χ1n) is 10.3. The molecule has 0 N–H and O–H groups in total. The van der Waals surface area contributed by atoms with E-state index in [2.05, 4.69) is 38.1 Å². The third-order valence-electron chi connectivity index (χ3n) is 5.58. The van der Waals surface area contributed by atoms with Gasteiger partial charge in [-0.05, 0) is 44.5 Å². The molecular weight excluding hydrogens is 380 g/mol. The van der Waals surface area contributed by atoms with E-state index in [1.165, 1.54) is 5.56 Å². The second kappa shape index (κ2) is 7.60. The largest absolute Gasteiger partial charge is 0.454 e. The Morgan fingerprint density at radius 3 is 2.40 bits per heavy atom. The van der Waals surface area contributed by atoms with Crippen molar-refractivity contribution in [3.63, 3.8) is 0 Å². The Labute approximate surface area is 176 Å².